The molecule has 11 aromatic rings. The highest BCUT2D eigenvalue weighted by atomic mass is 15.2. The van der Waals surface area contributed by atoms with Crippen molar-refractivity contribution in [2.45, 2.75) is 0 Å². The standard InChI is InChI=1S/C46H28N4/c1-2-12-33-32(11-1)27-39(35-14-4-3-13-34(33)35)30-23-21-29(22-24-30)31-25-26-37-36-15-6-9-19-42(36)49(44(37)28-31)46-48-40-17-7-5-16-38(40)45-47-41-18-8-10-20-43(41)50(45)46/h1-28H. The van der Waals surface area contributed by atoms with Crippen LogP contribution in [0.25, 0.3) is 99.1 Å². The molecule has 0 radical (unpaired) electrons. The van der Waals surface area contributed by atoms with Crippen molar-refractivity contribution in [2.75, 3.05) is 0 Å². The fourth-order valence-electron chi connectivity index (χ4n) is 7.98. The number of rotatable bonds is 3. The molecule has 0 aliphatic carbocycles. The van der Waals surface area contributed by atoms with Crippen molar-refractivity contribution in [1.29, 1.82) is 0 Å². The Bertz CT molecular complexity index is 3150. The largest absolute Gasteiger partial charge is 0.279 e. The molecule has 0 bridgehead atoms. The first kappa shape index (κ1) is 27.2. The van der Waals surface area contributed by atoms with E-state index >= 15 is 0 Å². The summed E-state index contributed by atoms with van der Waals surface area (Å²) >= 11 is 0. The second kappa shape index (κ2) is 10.4. The van der Waals surface area contributed by atoms with Gasteiger partial charge in [-0.3, -0.25) is 8.97 Å². The second-order valence-electron chi connectivity index (χ2n) is 13.0. The van der Waals surface area contributed by atoms with Crippen molar-refractivity contribution in [3.8, 4) is 28.2 Å². The van der Waals surface area contributed by atoms with Crippen LogP contribution in [0.3, 0.4) is 0 Å². The summed E-state index contributed by atoms with van der Waals surface area (Å²) in [6.45, 7) is 0. The Morgan fingerprint density at radius 3 is 1.80 bits per heavy atom. The summed E-state index contributed by atoms with van der Waals surface area (Å²) in [4.78, 5) is 10.5. The number of fused-ring (bicyclic) bond motifs is 11. The van der Waals surface area contributed by atoms with Crippen molar-refractivity contribution >= 4 is 70.9 Å². The van der Waals surface area contributed by atoms with Crippen LogP contribution in [0.15, 0.2) is 170 Å². The first-order chi connectivity index (χ1) is 24.8. The molecule has 3 aromatic heterocycles. The number of hydrogen-bond acceptors (Lipinski definition) is 2. The van der Waals surface area contributed by atoms with Crippen molar-refractivity contribution in [3.63, 3.8) is 0 Å². The van der Waals surface area contributed by atoms with Gasteiger partial charge in [0.25, 0.3) is 0 Å². The summed E-state index contributed by atoms with van der Waals surface area (Å²) in [5, 5.41) is 8.51. The van der Waals surface area contributed by atoms with Crippen LogP contribution >= 0.6 is 0 Å². The number of nitrogens with zero attached hydrogens (tertiary/aromatic N) is 4. The van der Waals surface area contributed by atoms with E-state index in [4.69, 9.17) is 9.97 Å². The second-order valence-corrected chi connectivity index (χ2v) is 13.0. The van der Waals surface area contributed by atoms with Crippen LogP contribution in [0, 0.1) is 0 Å². The van der Waals surface area contributed by atoms with E-state index in [2.05, 4.69) is 167 Å². The molecular weight excluding hydrogens is 609 g/mol. The molecule has 0 N–H and O–H groups in total. The molecule has 0 saturated carbocycles. The van der Waals surface area contributed by atoms with E-state index in [0.29, 0.717) is 0 Å². The molecule has 0 amide bonds. The van der Waals surface area contributed by atoms with E-state index in [1.54, 1.807) is 0 Å². The summed E-state index contributed by atoms with van der Waals surface area (Å²) in [5.74, 6) is 0.828. The minimum absolute atomic E-state index is 0.828. The van der Waals surface area contributed by atoms with Gasteiger partial charge in [0.05, 0.1) is 27.6 Å². The first-order valence-corrected chi connectivity index (χ1v) is 17.0. The molecule has 11 rings (SSSR count). The van der Waals surface area contributed by atoms with E-state index in [-0.39, 0.29) is 0 Å². The van der Waals surface area contributed by atoms with Crippen LogP contribution in [0.1, 0.15) is 0 Å². The summed E-state index contributed by atoms with van der Waals surface area (Å²) in [7, 11) is 0. The predicted octanol–water partition coefficient (Wildman–Crippen LogP) is 11.8. The van der Waals surface area contributed by atoms with E-state index < -0.39 is 0 Å². The number of benzene rings is 8. The minimum atomic E-state index is 0.828. The lowest BCUT2D eigenvalue weighted by Gasteiger charge is -2.13. The molecule has 0 unspecified atom stereocenters. The van der Waals surface area contributed by atoms with Gasteiger partial charge in [0.2, 0.25) is 5.95 Å². The summed E-state index contributed by atoms with van der Waals surface area (Å²) in [6, 6.07) is 60.8. The van der Waals surface area contributed by atoms with Gasteiger partial charge in [-0.1, -0.05) is 127 Å². The fourth-order valence-corrected chi connectivity index (χ4v) is 7.98. The molecule has 232 valence electrons. The van der Waals surface area contributed by atoms with Crippen LogP contribution in [0.4, 0.5) is 0 Å². The van der Waals surface area contributed by atoms with Gasteiger partial charge in [-0.2, -0.15) is 0 Å². The molecule has 0 atom stereocenters. The molecule has 3 heterocycles. The third-order valence-corrected chi connectivity index (χ3v) is 10.3. The Morgan fingerprint density at radius 2 is 0.960 bits per heavy atom. The Kier molecular flexibility index (Phi) is 5.63. The van der Waals surface area contributed by atoms with E-state index in [9.17, 15) is 0 Å². The number of imidazole rings is 1. The third-order valence-electron chi connectivity index (χ3n) is 10.3. The van der Waals surface area contributed by atoms with Crippen molar-refractivity contribution < 1.29 is 0 Å². The lowest BCUT2D eigenvalue weighted by molar-refractivity contribution is 0.979. The Hall–Kier alpha value is -6.78. The predicted molar refractivity (Wildman–Crippen MR) is 208 cm³/mol. The maximum Gasteiger partial charge on any atom is 0.221 e. The van der Waals surface area contributed by atoms with Gasteiger partial charge < -0.3 is 0 Å². The highest BCUT2D eigenvalue weighted by molar-refractivity contribution is 6.14. The van der Waals surface area contributed by atoms with E-state index in [0.717, 1.165) is 50.1 Å². The van der Waals surface area contributed by atoms with Gasteiger partial charge in [0, 0.05) is 16.2 Å². The number of aromatic nitrogens is 4. The highest BCUT2D eigenvalue weighted by Gasteiger charge is 2.20. The lowest BCUT2D eigenvalue weighted by Crippen LogP contribution is -2.06. The maximum atomic E-state index is 5.35. The Labute approximate surface area is 287 Å². The number of hydrogen-bond donors (Lipinski definition) is 0. The molecule has 0 saturated heterocycles. The van der Waals surface area contributed by atoms with Crippen LogP contribution in [-0.4, -0.2) is 18.9 Å². The zero-order chi connectivity index (χ0) is 32.8. The van der Waals surface area contributed by atoms with Crippen LogP contribution < -0.4 is 0 Å². The summed E-state index contributed by atoms with van der Waals surface area (Å²) in [6.07, 6.45) is 0. The van der Waals surface area contributed by atoms with Gasteiger partial charge in [0.15, 0.2) is 0 Å². The molecule has 8 aromatic carbocycles. The molecule has 0 aliphatic rings. The van der Waals surface area contributed by atoms with Gasteiger partial charge in [-0.05, 0) is 86.3 Å². The van der Waals surface area contributed by atoms with E-state index in [1.165, 1.54) is 49.0 Å². The van der Waals surface area contributed by atoms with Gasteiger partial charge in [-0.15, -0.1) is 0 Å². The van der Waals surface area contributed by atoms with Crippen LogP contribution in [0.5, 0.6) is 0 Å². The topological polar surface area (TPSA) is 35.1 Å². The van der Waals surface area contributed by atoms with Gasteiger partial charge in [-0.25, -0.2) is 9.97 Å². The molecule has 0 fully saturated rings. The SMILES string of the molecule is c1ccc2c(c1)cc(-c1ccc(-c3ccc4c5ccccc5n(-c5nc6ccccc6c6nc7ccccc7n56)c4c3)cc1)c1ccccc12. The van der Waals surface area contributed by atoms with Crippen molar-refractivity contribution in [1.82, 2.24) is 18.9 Å². The lowest BCUT2D eigenvalue weighted by atomic mass is 9.92. The zero-order valence-electron chi connectivity index (χ0n) is 27.0. The molecule has 4 nitrogen and oxygen atoms in total. The van der Waals surface area contributed by atoms with Crippen molar-refractivity contribution in [3.05, 3.63) is 170 Å². The van der Waals surface area contributed by atoms with Gasteiger partial charge in [0.1, 0.15) is 5.65 Å². The van der Waals surface area contributed by atoms with Gasteiger partial charge >= 0.3 is 0 Å². The Balaban J connectivity index is 1.13. The normalized spacial score (nSPS) is 12.0. The zero-order valence-corrected chi connectivity index (χ0v) is 27.0. The monoisotopic (exact) mass is 636 g/mol. The summed E-state index contributed by atoms with van der Waals surface area (Å²) < 4.78 is 4.54. The summed E-state index contributed by atoms with van der Waals surface area (Å²) in [5.41, 5.74) is 10.8. The number of para-hydroxylation sites is 4. The Morgan fingerprint density at radius 1 is 0.360 bits per heavy atom. The van der Waals surface area contributed by atoms with Crippen LogP contribution in [0.2, 0.25) is 0 Å². The maximum absolute atomic E-state index is 5.35. The molecule has 50 heavy (non-hydrogen) atoms. The molecule has 4 heteroatoms. The highest BCUT2D eigenvalue weighted by Crippen LogP contribution is 2.38. The van der Waals surface area contributed by atoms with Crippen LogP contribution in [-0.2, 0) is 0 Å². The molecular formula is C46H28N4. The van der Waals surface area contributed by atoms with Crippen molar-refractivity contribution in [2.24, 2.45) is 0 Å². The molecule has 0 spiro atoms. The van der Waals surface area contributed by atoms with E-state index in [1.807, 2.05) is 12.1 Å². The minimum Gasteiger partial charge on any atom is -0.279 e. The fraction of sp³-hybridized carbons (Fsp3) is 0. The average Bonchev–Trinajstić information content (AvgIpc) is 3.74. The first-order valence-electron chi connectivity index (χ1n) is 17.0. The average molecular weight is 637 g/mol. The smallest absolute Gasteiger partial charge is 0.221 e. The quantitative estimate of drug-likeness (QED) is 0.181. The molecule has 0 aliphatic heterocycles. The third kappa shape index (κ3) is 3.87.